The van der Waals surface area contributed by atoms with Gasteiger partial charge in [-0.15, -0.1) is 0 Å². The summed E-state index contributed by atoms with van der Waals surface area (Å²) in [7, 11) is 0. The molecule has 0 spiro atoms. The molecule has 0 saturated heterocycles. The Morgan fingerprint density at radius 1 is 0.360 bits per heavy atom. The topological polar surface area (TPSA) is 35.6 Å². The Bertz CT molecular complexity index is 2790. The standard InChI is InChI=1S/C46H30N4/c1-4-13-31(14-5-1)35-28-41(32-15-6-2-7-16-32)48-45(30-35)50-43-25-23-33(27-40(43)39-20-12-26-47-46(39)50)34-22-24-38-37-19-10-11-21-42(37)49(44(38)29-34)36-17-8-3-9-18-36/h1-30H. The van der Waals surface area contributed by atoms with Crippen molar-refractivity contribution in [3.05, 3.63) is 182 Å². The minimum atomic E-state index is 0.838. The van der Waals surface area contributed by atoms with E-state index in [-0.39, 0.29) is 0 Å². The summed E-state index contributed by atoms with van der Waals surface area (Å²) in [5.41, 5.74) is 12.1. The van der Waals surface area contributed by atoms with E-state index in [0.29, 0.717) is 0 Å². The molecule has 0 aliphatic heterocycles. The summed E-state index contributed by atoms with van der Waals surface area (Å²) >= 11 is 0. The van der Waals surface area contributed by atoms with Crippen LogP contribution in [0.25, 0.3) is 88.8 Å². The number of nitrogens with zero attached hydrogens (tertiary/aromatic N) is 4. The van der Waals surface area contributed by atoms with Gasteiger partial charge < -0.3 is 4.57 Å². The number of aromatic nitrogens is 4. The molecule has 0 atom stereocenters. The highest BCUT2D eigenvalue weighted by Gasteiger charge is 2.18. The van der Waals surface area contributed by atoms with Crippen LogP contribution in [0.1, 0.15) is 0 Å². The van der Waals surface area contributed by atoms with Crippen molar-refractivity contribution in [2.45, 2.75) is 0 Å². The lowest BCUT2D eigenvalue weighted by Gasteiger charge is -2.13. The third-order valence-corrected chi connectivity index (χ3v) is 9.77. The van der Waals surface area contributed by atoms with Gasteiger partial charge in [-0.2, -0.15) is 0 Å². The van der Waals surface area contributed by atoms with Crippen LogP contribution in [0.3, 0.4) is 0 Å². The van der Waals surface area contributed by atoms with Crippen LogP contribution in [-0.2, 0) is 0 Å². The molecule has 6 aromatic carbocycles. The van der Waals surface area contributed by atoms with E-state index in [0.717, 1.165) is 61.4 Å². The van der Waals surface area contributed by atoms with Crippen molar-refractivity contribution < 1.29 is 0 Å². The average molecular weight is 639 g/mol. The Morgan fingerprint density at radius 2 is 1.00 bits per heavy atom. The molecule has 4 nitrogen and oxygen atoms in total. The fraction of sp³-hybridized carbons (Fsp3) is 0. The predicted molar refractivity (Wildman–Crippen MR) is 207 cm³/mol. The third kappa shape index (κ3) is 4.54. The molecule has 0 aliphatic carbocycles. The summed E-state index contributed by atoms with van der Waals surface area (Å²) in [5.74, 6) is 0.838. The van der Waals surface area contributed by atoms with Gasteiger partial charge in [-0.25, -0.2) is 9.97 Å². The van der Waals surface area contributed by atoms with Gasteiger partial charge in [-0.3, -0.25) is 4.57 Å². The average Bonchev–Trinajstić information content (AvgIpc) is 3.71. The monoisotopic (exact) mass is 638 g/mol. The van der Waals surface area contributed by atoms with Gasteiger partial charge in [0.2, 0.25) is 0 Å². The normalized spacial score (nSPS) is 11.6. The maximum atomic E-state index is 5.27. The van der Waals surface area contributed by atoms with E-state index in [1.807, 2.05) is 18.3 Å². The second-order valence-corrected chi connectivity index (χ2v) is 12.7. The number of benzene rings is 6. The number of pyridine rings is 2. The molecule has 0 unspecified atom stereocenters. The first-order chi connectivity index (χ1) is 24.8. The molecule has 10 rings (SSSR count). The first kappa shape index (κ1) is 28.3. The quantitative estimate of drug-likeness (QED) is 0.188. The van der Waals surface area contributed by atoms with Crippen LogP contribution in [0, 0.1) is 0 Å². The molecule has 0 N–H and O–H groups in total. The zero-order valence-corrected chi connectivity index (χ0v) is 27.1. The van der Waals surface area contributed by atoms with Crippen molar-refractivity contribution in [1.82, 2.24) is 19.1 Å². The minimum absolute atomic E-state index is 0.838. The van der Waals surface area contributed by atoms with Crippen molar-refractivity contribution in [2.75, 3.05) is 0 Å². The van der Waals surface area contributed by atoms with Gasteiger partial charge >= 0.3 is 0 Å². The van der Waals surface area contributed by atoms with Crippen LogP contribution in [0.15, 0.2) is 182 Å². The predicted octanol–water partition coefficient (Wildman–Crippen LogP) is 11.7. The zero-order chi connectivity index (χ0) is 33.0. The van der Waals surface area contributed by atoms with E-state index >= 15 is 0 Å². The van der Waals surface area contributed by atoms with E-state index < -0.39 is 0 Å². The molecular formula is C46H30N4. The molecule has 234 valence electrons. The molecule has 0 aliphatic rings. The largest absolute Gasteiger partial charge is 0.309 e. The molecule has 0 saturated carbocycles. The van der Waals surface area contributed by atoms with E-state index in [1.165, 1.54) is 27.4 Å². The molecule has 4 aromatic heterocycles. The third-order valence-electron chi connectivity index (χ3n) is 9.77. The highest BCUT2D eigenvalue weighted by Crippen LogP contribution is 2.38. The Labute approximate surface area is 289 Å². The van der Waals surface area contributed by atoms with Crippen LogP contribution in [0.4, 0.5) is 0 Å². The van der Waals surface area contributed by atoms with Crippen LogP contribution in [0.2, 0.25) is 0 Å². The SMILES string of the molecule is c1ccc(-c2cc(-c3ccccc3)nc(-n3c4ccc(-c5ccc6c7ccccc7n(-c7ccccc7)c6c5)cc4c4cccnc43)c2)cc1. The Morgan fingerprint density at radius 3 is 1.82 bits per heavy atom. The Hall–Kier alpha value is -6.78. The van der Waals surface area contributed by atoms with Gasteiger partial charge in [0.25, 0.3) is 0 Å². The number of hydrogen-bond acceptors (Lipinski definition) is 2. The van der Waals surface area contributed by atoms with Crippen LogP contribution < -0.4 is 0 Å². The minimum Gasteiger partial charge on any atom is -0.309 e. The van der Waals surface area contributed by atoms with Gasteiger partial charge in [0, 0.05) is 39.0 Å². The van der Waals surface area contributed by atoms with Gasteiger partial charge in [0.1, 0.15) is 11.5 Å². The Balaban J connectivity index is 1.18. The van der Waals surface area contributed by atoms with Gasteiger partial charge in [-0.05, 0) is 82.9 Å². The summed E-state index contributed by atoms with van der Waals surface area (Å²) < 4.78 is 4.59. The fourth-order valence-corrected chi connectivity index (χ4v) is 7.45. The maximum absolute atomic E-state index is 5.27. The highest BCUT2D eigenvalue weighted by atomic mass is 15.1. The number of hydrogen-bond donors (Lipinski definition) is 0. The highest BCUT2D eigenvalue weighted by molar-refractivity contribution is 6.12. The smallest absolute Gasteiger partial charge is 0.146 e. The van der Waals surface area contributed by atoms with Crippen LogP contribution in [0.5, 0.6) is 0 Å². The zero-order valence-electron chi connectivity index (χ0n) is 27.1. The van der Waals surface area contributed by atoms with Gasteiger partial charge in [0.15, 0.2) is 0 Å². The van der Waals surface area contributed by atoms with E-state index in [9.17, 15) is 0 Å². The molecular weight excluding hydrogens is 609 g/mol. The van der Waals surface area contributed by atoms with E-state index in [1.54, 1.807) is 0 Å². The second kappa shape index (κ2) is 11.4. The van der Waals surface area contributed by atoms with Crippen molar-refractivity contribution in [1.29, 1.82) is 0 Å². The first-order valence-corrected chi connectivity index (χ1v) is 16.9. The Kier molecular flexibility index (Phi) is 6.46. The lowest BCUT2D eigenvalue weighted by atomic mass is 10.0. The molecule has 4 heteroatoms. The lowest BCUT2D eigenvalue weighted by Crippen LogP contribution is -2.01. The number of rotatable bonds is 5. The summed E-state index contributed by atoms with van der Waals surface area (Å²) in [6.45, 7) is 0. The molecule has 0 amide bonds. The number of fused-ring (bicyclic) bond motifs is 6. The van der Waals surface area contributed by atoms with Crippen molar-refractivity contribution >= 4 is 43.7 Å². The van der Waals surface area contributed by atoms with Crippen molar-refractivity contribution in [3.63, 3.8) is 0 Å². The van der Waals surface area contributed by atoms with Crippen molar-refractivity contribution in [3.8, 4) is 45.0 Å². The number of para-hydroxylation sites is 2. The van der Waals surface area contributed by atoms with Crippen LogP contribution >= 0.6 is 0 Å². The lowest BCUT2D eigenvalue weighted by molar-refractivity contribution is 1.06. The maximum Gasteiger partial charge on any atom is 0.146 e. The molecule has 10 aromatic rings. The summed E-state index contributed by atoms with van der Waals surface area (Å²) in [5, 5.41) is 4.73. The molecule has 0 bridgehead atoms. The second-order valence-electron chi connectivity index (χ2n) is 12.7. The van der Waals surface area contributed by atoms with Gasteiger partial charge in [-0.1, -0.05) is 115 Å². The van der Waals surface area contributed by atoms with Crippen LogP contribution in [-0.4, -0.2) is 19.1 Å². The first-order valence-electron chi connectivity index (χ1n) is 16.9. The van der Waals surface area contributed by atoms with Crippen molar-refractivity contribution in [2.24, 2.45) is 0 Å². The van der Waals surface area contributed by atoms with E-state index in [2.05, 4.69) is 173 Å². The van der Waals surface area contributed by atoms with E-state index in [4.69, 9.17) is 9.97 Å². The molecule has 0 fully saturated rings. The molecule has 50 heavy (non-hydrogen) atoms. The summed E-state index contributed by atoms with van der Waals surface area (Å²) in [4.78, 5) is 10.2. The summed E-state index contributed by atoms with van der Waals surface area (Å²) in [6, 6.07) is 62.4. The summed E-state index contributed by atoms with van der Waals surface area (Å²) in [6.07, 6.45) is 1.87. The molecule has 4 heterocycles. The van der Waals surface area contributed by atoms with Gasteiger partial charge in [0.05, 0.1) is 22.2 Å². The fourth-order valence-electron chi connectivity index (χ4n) is 7.45. The molecule has 0 radical (unpaired) electrons.